The molecule has 0 aromatic heterocycles. The minimum Gasteiger partial charge on any atom is -0.504 e. The molecule has 0 heterocycles. The average molecular weight is 367 g/mol. The van der Waals surface area contributed by atoms with Crippen molar-refractivity contribution in [1.29, 1.82) is 0 Å². The van der Waals surface area contributed by atoms with Gasteiger partial charge in [0.25, 0.3) is 0 Å². The molecule has 0 spiro atoms. The van der Waals surface area contributed by atoms with Crippen molar-refractivity contribution in [1.82, 2.24) is 0 Å². The number of phenolic OH excluding ortho intramolecular Hbond substituents is 1. The molecule has 0 atom stereocenters. The number of thioether (sulfide) groups is 1. The molecule has 0 aliphatic carbocycles. The van der Waals surface area contributed by atoms with Crippen molar-refractivity contribution < 1.29 is 9.84 Å². The number of nitrogens with zero attached hydrogens (tertiary/aromatic N) is 2. The summed E-state index contributed by atoms with van der Waals surface area (Å²) in [5, 5.41) is 17.3. The van der Waals surface area contributed by atoms with Crippen molar-refractivity contribution in [3.63, 3.8) is 0 Å². The maximum Gasteiger partial charge on any atom is 0.180 e. The number of phenols is 1. The summed E-state index contributed by atoms with van der Waals surface area (Å²) in [5.41, 5.74) is 6.22. The molecule has 3 N–H and O–H groups in total. The molecule has 0 radical (unpaired) electrons. The number of methoxy groups -OCH3 is 1. The lowest BCUT2D eigenvalue weighted by Crippen LogP contribution is -2.03. The van der Waals surface area contributed by atoms with Crippen LogP contribution >= 0.6 is 35.7 Å². The first kappa shape index (κ1) is 16.0. The van der Waals surface area contributed by atoms with Gasteiger partial charge in [0.05, 0.1) is 13.3 Å². The van der Waals surface area contributed by atoms with Crippen LogP contribution in [-0.4, -0.2) is 29.9 Å². The minimum absolute atomic E-state index is 0. The first-order valence-corrected chi connectivity index (χ1v) is 5.67. The van der Waals surface area contributed by atoms with E-state index in [1.807, 2.05) is 6.26 Å². The van der Waals surface area contributed by atoms with Crippen LogP contribution in [0.4, 0.5) is 0 Å². The van der Waals surface area contributed by atoms with Gasteiger partial charge in [-0.05, 0) is 30.0 Å². The highest BCUT2D eigenvalue weighted by Gasteiger charge is 2.00. The highest BCUT2D eigenvalue weighted by molar-refractivity contribution is 14.0. The van der Waals surface area contributed by atoms with Crippen LogP contribution in [0, 0.1) is 0 Å². The fourth-order valence-corrected chi connectivity index (χ4v) is 1.10. The number of ether oxygens (including phenoxy) is 1. The quantitative estimate of drug-likeness (QED) is 0.371. The number of benzene rings is 1. The third kappa shape index (κ3) is 5.26. The second kappa shape index (κ2) is 8.18. The van der Waals surface area contributed by atoms with Gasteiger partial charge in [-0.25, -0.2) is 0 Å². The second-order valence-electron chi connectivity index (χ2n) is 2.82. The van der Waals surface area contributed by atoms with Crippen molar-refractivity contribution >= 4 is 47.1 Å². The molecular weight excluding hydrogens is 353 g/mol. The fraction of sp³-hybridized carbons (Fsp3) is 0.200. The van der Waals surface area contributed by atoms with Gasteiger partial charge in [0.1, 0.15) is 0 Å². The van der Waals surface area contributed by atoms with Gasteiger partial charge in [0, 0.05) is 0 Å². The Hall–Kier alpha value is -0.960. The zero-order valence-corrected chi connectivity index (χ0v) is 12.6. The maximum atomic E-state index is 9.37. The molecule has 17 heavy (non-hydrogen) atoms. The van der Waals surface area contributed by atoms with Crippen molar-refractivity contribution in [3.05, 3.63) is 23.8 Å². The van der Waals surface area contributed by atoms with E-state index in [4.69, 9.17) is 10.5 Å². The molecule has 1 aromatic rings. The molecule has 5 nitrogen and oxygen atoms in total. The second-order valence-corrected chi connectivity index (χ2v) is 3.64. The molecule has 7 heteroatoms. The molecular formula is C10H14IN3O2S. The Morgan fingerprint density at radius 2 is 2.24 bits per heavy atom. The average Bonchev–Trinajstić information content (AvgIpc) is 2.31. The van der Waals surface area contributed by atoms with Crippen LogP contribution in [0.5, 0.6) is 11.5 Å². The lowest BCUT2D eigenvalue weighted by atomic mass is 10.2. The fourth-order valence-electron chi connectivity index (χ4n) is 0.968. The van der Waals surface area contributed by atoms with E-state index in [2.05, 4.69) is 10.2 Å². The number of hydrogen-bond donors (Lipinski definition) is 2. The normalized spacial score (nSPS) is 11.3. The van der Waals surface area contributed by atoms with Crippen molar-refractivity contribution in [2.24, 2.45) is 15.9 Å². The van der Waals surface area contributed by atoms with Crippen LogP contribution in [0.3, 0.4) is 0 Å². The number of aromatic hydroxyl groups is 1. The lowest BCUT2D eigenvalue weighted by Gasteiger charge is -2.02. The Kier molecular flexibility index (Phi) is 7.72. The highest BCUT2D eigenvalue weighted by atomic mass is 127. The van der Waals surface area contributed by atoms with Gasteiger partial charge < -0.3 is 15.6 Å². The number of rotatable bonds is 3. The van der Waals surface area contributed by atoms with E-state index < -0.39 is 0 Å². The van der Waals surface area contributed by atoms with E-state index in [1.54, 1.807) is 12.1 Å². The van der Waals surface area contributed by atoms with Crippen LogP contribution in [0.25, 0.3) is 0 Å². The van der Waals surface area contributed by atoms with Crippen molar-refractivity contribution in [2.75, 3.05) is 13.4 Å². The number of amidine groups is 1. The smallest absolute Gasteiger partial charge is 0.180 e. The predicted octanol–water partition coefficient (Wildman–Crippen LogP) is 2.03. The third-order valence-electron chi connectivity index (χ3n) is 1.78. The summed E-state index contributed by atoms with van der Waals surface area (Å²) >= 11 is 1.32. The zero-order chi connectivity index (χ0) is 12.0. The van der Waals surface area contributed by atoms with E-state index in [1.165, 1.54) is 31.2 Å². The van der Waals surface area contributed by atoms with Crippen molar-refractivity contribution in [2.45, 2.75) is 0 Å². The van der Waals surface area contributed by atoms with Crippen LogP contribution in [0.15, 0.2) is 28.4 Å². The molecule has 0 bridgehead atoms. The van der Waals surface area contributed by atoms with Gasteiger partial charge in [-0.1, -0.05) is 11.8 Å². The van der Waals surface area contributed by atoms with Gasteiger partial charge in [0.15, 0.2) is 16.7 Å². The molecule has 0 aliphatic heterocycles. The zero-order valence-electron chi connectivity index (χ0n) is 9.45. The van der Waals surface area contributed by atoms with E-state index in [9.17, 15) is 5.11 Å². The summed E-state index contributed by atoms with van der Waals surface area (Å²) in [6, 6.07) is 4.89. The summed E-state index contributed by atoms with van der Waals surface area (Å²) in [6.45, 7) is 0. The molecule has 1 rings (SSSR count). The summed E-state index contributed by atoms with van der Waals surface area (Å²) in [4.78, 5) is 0. The molecule has 0 fully saturated rings. The maximum absolute atomic E-state index is 9.37. The molecule has 0 unspecified atom stereocenters. The van der Waals surface area contributed by atoms with Crippen LogP contribution < -0.4 is 10.5 Å². The summed E-state index contributed by atoms with van der Waals surface area (Å²) < 4.78 is 4.96. The van der Waals surface area contributed by atoms with Crippen LogP contribution in [0.1, 0.15) is 5.56 Å². The van der Waals surface area contributed by atoms with Crippen LogP contribution in [-0.2, 0) is 0 Å². The van der Waals surface area contributed by atoms with Gasteiger partial charge in [0.2, 0.25) is 0 Å². The highest BCUT2D eigenvalue weighted by Crippen LogP contribution is 2.25. The Bertz CT molecular complexity index is 424. The third-order valence-corrected chi connectivity index (χ3v) is 2.28. The Morgan fingerprint density at radius 3 is 2.82 bits per heavy atom. The van der Waals surface area contributed by atoms with E-state index in [0.29, 0.717) is 10.9 Å². The topological polar surface area (TPSA) is 80.2 Å². The largest absolute Gasteiger partial charge is 0.504 e. The van der Waals surface area contributed by atoms with Gasteiger partial charge in [-0.3, -0.25) is 0 Å². The van der Waals surface area contributed by atoms with Gasteiger partial charge in [-0.15, -0.1) is 29.1 Å². The monoisotopic (exact) mass is 367 g/mol. The number of nitrogens with two attached hydrogens (primary N) is 1. The molecule has 0 amide bonds. The standard InChI is InChI=1S/C10H13N3O2S.HI/c1-15-9-5-7(3-4-8(9)14)6-12-13-10(11)16-2;/h3-6,14H,1-2H3,(H2,11,13);1H. The Morgan fingerprint density at radius 1 is 1.53 bits per heavy atom. The summed E-state index contributed by atoms with van der Waals surface area (Å²) in [6.07, 6.45) is 3.35. The van der Waals surface area contributed by atoms with Crippen LogP contribution in [0.2, 0.25) is 0 Å². The molecule has 0 saturated carbocycles. The minimum atomic E-state index is 0. The summed E-state index contributed by atoms with van der Waals surface area (Å²) in [5.74, 6) is 0.484. The molecule has 94 valence electrons. The first-order valence-electron chi connectivity index (χ1n) is 4.45. The molecule has 0 aliphatic rings. The van der Waals surface area contributed by atoms with E-state index in [-0.39, 0.29) is 29.7 Å². The van der Waals surface area contributed by atoms with Gasteiger partial charge >= 0.3 is 0 Å². The van der Waals surface area contributed by atoms with Gasteiger partial charge in [-0.2, -0.15) is 5.10 Å². The first-order chi connectivity index (χ1) is 7.67. The van der Waals surface area contributed by atoms with E-state index in [0.717, 1.165) is 5.56 Å². The molecule has 0 saturated heterocycles. The van der Waals surface area contributed by atoms with E-state index >= 15 is 0 Å². The predicted molar refractivity (Wildman–Crippen MR) is 82.8 cm³/mol. The summed E-state index contributed by atoms with van der Waals surface area (Å²) in [7, 11) is 1.49. The van der Waals surface area contributed by atoms with Crippen molar-refractivity contribution in [3.8, 4) is 11.5 Å². The lowest BCUT2D eigenvalue weighted by molar-refractivity contribution is 0.373. The Balaban J connectivity index is 0.00000256. The molecule has 1 aromatic carbocycles. The Labute approximate surface area is 121 Å². The SMILES string of the molecule is COc1cc(C=NN=C(N)SC)ccc1O.I. The number of halogens is 1. The number of hydrogen-bond acceptors (Lipinski definition) is 5.